The van der Waals surface area contributed by atoms with Gasteiger partial charge in [0.25, 0.3) is 0 Å². The highest BCUT2D eigenvalue weighted by Gasteiger charge is 2.25. The molecule has 0 aliphatic heterocycles. The summed E-state index contributed by atoms with van der Waals surface area (Å²) in [4.78, 5) is 11.9. The van der Waals surface area contributed by atoms with Crippen LogP contribution >= 0.6 is 11.6 Å². The summed E-state index contributed by atoms with van der Waals surface area (Å²) in [5, 5.41) is 3.35. The minimum atomic E-state index is -0.408. The van der Waals surface area contributed by atoms with Gasteiger partial charge in [0.1, 0.15) is 0 Å². The molecule has 0 aliphatic rings. The second-order valence-electron chi connectivity index (χ2n) is 4.42. The van der Waals surface area contributed by atoms with E-state index in [1.807, 2.05) is 20.8 Å². The molecule has 1 amide bonds. The number of hydrogen-bond acceptors (Lipinski definition) is 2. The number of halogens is 1. The molecule has 0 heterocycles. The fraction of sp³-hybridized carbons (Fsp3) is 0.417. The Bertz CT molecular complexity index is 402. The number of nitrogens with two attached hydrogens (primary N) is 1. The van der Waals surface area contributed by atoms with Crippen LogP contribution in [0.25, 0.3) is 0 Å². The summed E-state index contributed by atoms with van der Waals surface area (Å²) in [5.74, 6) is -0.0519. The molecule has 0 aromatic heterocycles. The van der Waals surface area contributed by atoms with Gasteiger partial charge in [-0.05, 0) is 24.6 Å². The molecule has 1 aromatic carbocycles. The van der Waals surface area contributed by atoms with E-state index in [0.717, 1.165) is 6.42 Å². The third kappa shape index (κ3) is 2.89. The standard InChI is InChI=1S/C12H17ClN2O/c1-4-12(2,3)11(16)15-10-7-8(13)5-6-9(10)14/h5-7H,4,14H2,1-3H3,(H,15,16). The van der Waals surface area contributed by atoms with E-state index in [9.17, 15) is 4.79 Å². The number of rotatable bonds is 3. The van der Waals surface area contributed by atoms with Gasteiger partial charge in [0, 0.05) is 10.4 Å². The minimum absolute atomic E-state index is 0.0519. The zero-order valence-electron chi connectivity index (χ0n) is 9.80. The molecule has 88 valence electrons. The van der Waals surface area contributed by atoms with E-state index in [1.165, 1.54) is 0 Å². The zero-order chi connectivity index (χ0) is 12.3. The summed E-state index contributed by atoms with van der Waals surface area (Å²) < 4.78 is 0. The average Bonchev–Trinajstić information content (AvgIpc) is 2.23. The van der Waals surface area contributed by atoms with Crippen LogP contribution in [-0.2, 0) is 4.79 Å². The van der Waals surface area contributed by atoms with Crippen molar-refractivity contribution in [3.63, 3.8) is 0 Å². The topological polar surface area (TPSA) is 55.1 Å². The summed E-state index contributed by atoms with van der Waals surface area (Å²) in [5.41, 5.74) is 6.43. The maximum Gasteiger partial charge on any atom is 0.230 e. The molecule has 0 spiro atoms. The third-order valence-electron chi connectivity index (χ3n) is 2.76. The fourth-order valence-electron chi connectivity index (χ4n) is 1.09. The highest BCUT2D eigenvalue weighted by atomic mass is 35.5. The molecule has 0 saturated heterocycles. The van der Waals surface area contributed by atoms with Crippen molar-refractivity contribution in [3.8, 4) is 0 Å². The highest BCUT2D eigenvalue weighted by molar-refractivity contribution is 6.31. The van der Waals surface area contributed by atoms with Crippen LogP contribution in [0.4, 0.5) is 11.4 Å². The number of benzene rings is 1. The largest absolute Gasteiger partial charge is 0.397 e. The van der Waals surface area contributed by atoms with E-state index in [4.69, 9.17) is 17.3 Å². The molecule has 0 unspecified atom stereocenters. The lowest BCUT2D eigenvalue weighted by Gasteiger charge is -2.22. The van der Waals surface area contributed by atoms with Gasteiger partial charge in [-0.25, -0.2) is 0 Å². The third-order valence-corrected chi connectivity index (χ3v) is 3.00. The Morgan fingerprint density at radius 2 is 2.12 bits per heavy atom. The molecule has 4 heteroatoms. The molecule has 1 rings (SSSR count). The summed E-state index contributed by atoms with van der Waals surface area (Å²) in [6.45, 7) is 5.76. The van der Waals surface area contributed by atoms with Crippen molar-refractivity contribution in [3.05, 3.63) is 23.2 Å². The van der Waals surface area contributed by atoms with Crippen molar-refractivity contribution in [1.82, 2.24) is 0 Å². The van der Waals surface area contributed by atoms with E-state index < -0.39 is 5.41 Å². The lowest BCUT2D eigenvalue weighted by molar-refractivity contribution is -0.124. The van der Waals surface area contributed by atoms with E-state index >= 15 is 0 Å². The molecule has 3 N–H and O–H groups in total. The van der Waals surface area contributed by atoms with Crippen LogP contribution < -0.4 is 11.1 Å². The molecule has 0 aliphatic carbocycles. The first-order chi connectivity index (χ1) is 7.36. The van der Waals surface area contributed by atoms with Gasteiger partial charge in [-0.2, -0.15) is 0 Å². The van der Waals surface area contributed by atoms with Crippen molar-refractivity contribution in [1.29, 1.82) is 0 Å². The predicted molar refractivity (Wildman–Crippen MR) is 68.6 cm³/mol. The first-order valence-corrected chi connectivity index (χ1v) is 5.61. The fourth-order valence-corrected chi connectivity index (χ4v) is 1.26. The van der Waals surface area contributed by atoms with Crippen molar-refractivity contribution in [2.45, 2.75) is 27.2 Å². The van der Waals surface area contributed by atoms with Crippen molar-refractivity contribution < 1.29 is 4.79 Å². The van der Waals surface area contributed by atoms with Crippen molar-refractivity contribution >= 4 is 28.9 Å². The van der Waals surface area contributed by atoms with E-state index in [0.29, 0.717) is 16.4 Å². The monoisotopic (exact) mass is 240 g/mol. The van der Waals surface area contributed by atoms with Crippen LogP contribution in [0.15, 0.2) is 18.2 Å². The molecule has 1 aromatic rings. The Labute approximate surface area is 101 Å². The lowest BCUT2D eigenvalue weighted by atomic mass is 9.89. The molecule has 3 nitrogen and oxygen atoms in total. The number of carbonyl (C=O) groups excluding carboxylic acids is 1. The number of anilines is 2. The van der Waals surface area contributed by atoms with Gasteiger partial charge in [-0.1, -0.05) is 32.4 Å². The van der Waals surface area contributed by atoms with E-state index in [-0.39, 0.29) is 5.91 Å². The van der Waals surface area contributed by atoms with Gasteiger partial charge >= 0.3 is 0 Å². The number of nitrogen functional groups attached to an aromatic ring is 1. The zero-order valence-corrected chi connectivity index (χ0v) is 10.6. The maximum absolute atomic E-state index is 11.9. The van der Waals surface area contributed by atoms with Gasteiger partial charge in [-0.15, -0.1) is 0 Å². The molecule has 16 heavy (non-hydrogen) atoms. The first kappa shape index (κ1) is 12.8. The Morgan fingerprint density at radius 3 is 2.69 bits per heavy atom. The van der Waals surface area contributed by atoms with Crippen LogP contribution in [0, 0.1) is 5.41 Å². The van der Waals surface area contributed by atoms with Crippen molar-refractivity contribution in [2.75, 3.05) is 11.1 Å². The number of carbonyl (C=O) groups is 1. The Hall–Kier alpha value is -1.22. The van der Waals surface area contributed by atoms with Gasteiger partial charge < -0.3 is 11.1 Å². The van der Waals surface area contributed by atoms with Crippen molar-refractivity contribution in [2.24, 2.45) is 5.41 Å². The van der Waals surface area contributed by atoms with Crippen LogP contribution in [-0.4, -0.2) is 5.91 Å². The Balaban J connectivity index is 2.89. The highest BCUT2D eigenvalue weighted by Crippen LogP contribution is 2.27. The minimum Gasteiger partial charge on any atom is -0.397 e. The first-order valence-electron chi connectivity index (χ1n) is 5.23. The summed E-state index contributed by atoms with van der Waals surface area (Å²) in [6.07, 6.45) is 0.763. The quantitative estimate of drug-likeness (QED) is 0.797. The van der Waals surface area contributed by atoms with Crippen LogP contribution in [0.3, 0.4) is 0 Å². The van der Waals surface area contributed by atoms with Crippen LogP contribution in [0.2, 0.25) is 5.02 Å². The second kappa shape index (κ2) is 4.74. The summed E-state index contributed by atoms with van der Waals surface area (Å²) in [6, 6.07) is 5.02. The summed E-state index contributed by atoms with van der Waals surface area (Å²) in [7, 11) is 0. The SMILES string of the molecule is CCC(C)(C)C(=O)Nc1cc(Cl)ccc1N. The lowest BCUT2D eigenvalue weighted by Crippen LogP contribution is -2.30. The maximum atomic E-state index is 11.9. The average molecular weight is 241 g/mol. The Kier molecular flexibility index (Phi) is 3.81. The molecule has 0 fully saturated rings. The van der Waals surface area contributed by atoms with Gasteiger partial charge in [0.05, 0.1) is 11.4 Å². The molecule has 0 bridgehead atoms. The van der Waals surface area contributed by atoms with E-state index in [2.05, 4.69) is 5.32 Å². The summed E-state index contributed by atoms with van der Waals surface area (Å²) >= 11 is 5.84. The van der Waals surface area contributed by atoms with E-state index in [1.54, 1.807) is 18.2 Å². The number of amides is 1. The smallest absolute Gasteiger partial charge is 0.230 e. The van der Waals surface area contributed by atoms with Gasteiger partial charge in [0.2, 0.25) is 5.91 Å². The molecule has 0 saturated carbocycles. The normalized spacial score (nSPS) is 11.2. The molecular weight excluding hydrogens is 224 g/mol. The number of nitrogens with one attached hydrogen (secondary N) is 1. The van der Waals surface area contributed by atoms with Crippen LogP contribution in [0.5, 0.6) is 0 Å². The van der Waals surface area contributed by atoms with Gasteiger partial charge in [0.15, 0.2) is 0 Å². The molecule has 0 atom stereocenters. The molecular formula is C12H17ClN2O. The Morgan fingerprint density at radius 1 is 1.50 bits per heavy atom. The molecule has 0 radical (unpaired) electrons. The second-order valence-corrected chi connectivity index (χ2v) is 4.86. The number of hydrogen-bond donors (Lipinski definition) is 2. The van der Waals surface area contributed by atoms with Gasteiger partial charge in [-0.3, -0.25) is 4.79 Å². The van der Waals surface area contributed by atoms with Crippen LogP contribution in [0.1, 0.15) is 27.2 Å². The predicted octanol–water partition coefficient (Wildman–Crippen LogP) is 3.30.